The van der Waals surface area contributed by atoms with E-state index in [4.69, 9.17) is 5.14 Å². The maximum atomic E-state index is 10.6. The van der Waals surface area contributed by atoms with Crippen molar-refractivity contribution in [2.24, 2.45) is 5.14 Å². The lowest BCUT2D eigenvalue weighted by Crippen LogP contribution is -2.16. The minimum Gasteiger partial charge on any atom is -0.229 e. The minimum atomic E-state index is -3.29. The van der Waals surface area contributed by atoms with Gasteiger partial charge in [-0.2, -0.15) is 0 Å². The van der Waals surface area contributed by atoms with Crippen LogP contribution in [-0.4, -0.2) is 19.9 Å². The molecule has 0 heterocycles. The smallest absolute Gasteiger partial charge is 0.209 e. The van der Waals surface area contributed by atoms with Gasteiger partial charge in [0.1, 0.15) is 0 Å². The van der Waals surface area contributed by atoms with Gasteiger partial charge in [-0.3, -0.25) is 0 Å². The van der Waals surface area contributed by atoms with Gasteiger partial charge >= 0.3 is 0 Å². The van der Waals surface area contributed by atoms with Crippen molar-refractivity contribution >= 4 is 21.8 Å². The number of primary sulfonamides is 1. The maximum Gasteiger partial charge on any atom is 0.209 e. The lowest BCUT2D eigenvalue weighted by molar-refractivity contribution is 0.596. The molecule has 1 aromatic carbocycles. The molecule has 0 aliphatic rings. The van der Waals surface area contributed by atoms with Crippen molar-refractivity contribution in [2.75, 3.05) is 11.5 Å². The molecule has 0 saturated carbocycles. The van der Waals surface area contributed by atoms with Crippen LogP contribution in [0.2, 0.25) is 0 Å². The Balaban J connectivity index is 2.23. The van der Waals surface area contributed by atoms with Crippen LogP contribution in [0.5, 0.6) is 0 Å². The number of hydrogen-bond acceptors (Lipinski definition) is 3. The van der Waals surface area contributed by atoms with Gasteiger partial charge in [-0.05, 0) is 24.3 Å². The molecular formula is C9H13NO2S2. The monoisotopic (exact) mass is 231 g/mol. The second-order valence-electron chi connectivity index (χ2n) is 2.88. The number of hydrogen-bond donors (Lipinski definition) is 1. The highest BCUT2D eigenvalue weighted by Crippen LogP contribution is 2.17. The summed E-state index contributed by atoms with van der Waals surface area (Å²) in [6.07, 6.45) is 0.596. The van der Waals surface area contributed by atoms with Crippen molar-refractivity contribution in [3.63, 3.8) is 0 Å². The molecule has 0 saturated heterocycles. The lowest BCUT2D eigenvalue weighted by Gasteiger charge is -2.00. The first-order chi connectivity index (χ1) is 6.58. The molecule has 0 amide bonds. The summed E-state index contributed by atoms with van der Waals surface area (Å²) in [5.41, 5.74) is 0. The fraction of sp³-hybridized carbons (Fsp3) is 0.333. The van der Waals surface area contributed by atoms with Gasteiger partial charge in [-0.1, -0.05) is 18.2 Å². The van der Waals surface area contributed by atoms with E-state index in [-0.39, 0.29) is 5.75 Å². The average molecular weight is 231 g/mol. The van der Waals surface area contributed by atoms with Crippen molar-refractivity contribution in [1.29, 1.82) is 0 Å². The van der Waals surface area contributed by atoms with Crippen molar-refractivity contribution in [2.45, 2.75) is 11.3 Å². The third kappa shape index (κ3) is 5.26. The molecule has 0 unspecified atom stereocenters. The first kappa shape index (κ1) is 11.6. The molecule has 14 heavy (non-hydrogen) atoms. The molecule has 0 atom stereocenters. The second-order valence-corrected chi connectivity index (χ2v) is 5.78. The van der Waals surface area contributed by atoms with Gasteiger partial charge in [-0.15, -0.1) is 11.8 Å². The zero-order valence-electron chi connectivity index (χ0n) is 7.72. The minimum absolute atomic E-state index is 0.0623. The Labute approximate surface area is 88.8 Å². The molecule has 1 rings (SSSR count). The van der Waals surface area contributed by atoms with Crippen LogP contribution in [-0.2, 0) is 10.0 Å². The molecule has 5 heteroatoms. The zero-order valence-corrected chi connectivity index (χ0v) is 9.35. The van der Waals surface area contributed by atoms with Crippen molar-refractivity contribution in [1.82, 2.24) is 0 Å². The highest BCUT2D eigenvalue weighted by molar-refractivity contribution is 7.99. The zero-order chi connectivity index (χ0) is 10.4. The molecule has 0 aliphatic heterocycles. The number of rotatable bonds is 5. The number of sulfonamides is 1. The van der Waals surface area contributed by atoms with Crippen molar-refractivity contribution < 1.29 is 8.42 Å². The molecule has 0 aromatic heterocycles. The predicted molar refractivity (Wildman–Crippen MR) is 59.8 cm³/mol. The molecule has 0 spiro atoms. The van der Waals surface area contributed by atoms with E-state index in [0.717, 1.165) is 10.6 Å². The van der Waals surface area contributed by atoms with Crippen LogP contribution in [0.25, 0.3) is 0 Å². The van der Waals surface area contributed by atoms with Crippen molar-refractivity contribution in [3.8, 4) is 0 Å². The summed E-state index contributed by atoms with van der Waals surface area (Å²) in [4.78, 5) is 1.15. The van der Waals surface area contributed by atoms with Crippen LogP contribution in [0.4, 0.5) is 0 Å². The van der Waals surface area contributed by atoms with E-state index in [1.807, 2.05) is 30.3 Å². The van der Waals surface area contributed by atoms with Gasteiger partial charge in [0.05, 0.1) is 5.75 Å². The van der Waals surface area contributed by atoms with Gasteiger partial charge in [0.25, 0.3) is 0 Å². The van der Waals surface area contributed by atoms with E-state index in [0.29, 0.717) is 6.42 Å². The summed E-state index contributed by atoms with van der Waals surface area (Å²) in [6, 6.07) is 9.88. The van der Waals surface area contributed by atoms with E-state index in [2.05, 4.69) is 0 Å². The Bertz CT molecular complexity index is 362. The summed E-state index contributed by atoms with van der Waals surface area (Å²) < 4.78 is 21.2. The van der Waals surface area contributed by atoms with Gasteiger partial charge in [0.2, 0.25) is 10.0 Å². The number of thioether (sulfide) groups is 1. The maximum absolute atomic E-state index is 10.6. The Morgan fingerprint density at radius 1 is 1.21 bits per heavy atom. The van der Waals surface area contributed by atoms with Gasteiger partial charge in [0, 0.05) is 4.90 Å². The molecule has 0 bridgehead atoms. The van der Waals surface area contributed by atoms with E-state index >= 15 is 0 Å². The molecule has 2 N–H and O–H groups in total. The molecule has 0 radical (unpaired) electrons. The SMILES string of the molecule is NS(=O)(=O)CCCSc1ccccc1. The van der Waals surface area contributed by atoms with Gasteiger partial charge in [-0.25, -0.2) is 13.6 Å². The number of benzene rings is 1. The van der Waals surface area contributed by atoms with E-state index in [1.165, 1.54) is 0 Å². The fourth-order valence-corrected chi connectivity index (χ4v) is 2.57. The fourth-order valence-electron chi connectivity index (χ4n) is 0.967. The standard InChI is InChI=1S/C9H13NO2S2/c10-14(11,12)8-4-7-13-9-5-2-1-3-6-9/h1-3,5-6H,4,7-8H2,(H2,10,11,12). The van der Waals surface area contributed by atoms with E-state index in [1.54, 1.807) is 11.8 Å². The van der Waals surface area contributed by atoms with Crippen LogP contribution < -0.4 is 5.14 Å². The predicted octanol–water partition coefficient (Wildman–Crippen LogP) is 1.46. The van der Waals surface area contributed by atoms with Crippen LogP contribution in [0, 0.1) is 0 Å². The topological polar surface area (TPSA) is 60.2 Å². The quantitative estimate of drug-likeness (QED) is 0.616. The molecule has 0 fully saturated rings. The van der Waals surface area contributed by atoms with Crippen LogP contribution >= 0.6 is 11.8 Å². The highest BCUT2D eigenvalue weighted by atomic mass is 32.2. The first-order valence-electron chi connectivity index (χ1n) is 4.26. The molecular weight excluding hydrogens is 218 g/mol. The van der Waals surface area contributed by atoms with Crippen LogP contribution in [0.1, 0.15) is 6.42 Å². The first-order valence-corrected chi connectivity index (χ1v) is 6.96. The summed E-state index contributed by atoms with van der Waals surface area (Å²) in [5.74, 6) is 0.841. The van der Waals surface area contributed by atoms with Gasteiger partial charge in [0.15, 0.2) is 0 Å². The molecule has 3 nitrogen and oxygen atoms in total. The molecule has 1 aromatic rings. The Kier molecular flexibility index (Phi) is 4.44. The summed E-state index contributed by atoms with van der Waals surface area (Å²) >= 11 is 1.64. The largest absolute Gasteiger partial charge is 0.229 e. The Hall–Kier alpha value is -0.520. The van der Waals surface area contributed by atoms with E-state index in [9.17, 15) is 8.42 Å². The Morgan fingerprint density at radius 3 is 2.43 bits per heavy atom. The summed E-state index contributed by atoms with van der Waals surface area (Å²) in [7, 11) is -3.29. The highest BCUT2D eigenvalue weighted by Gasteiger charge is 2.01. The van der Waals surface area contributed by atoms with E-state index < -0.39 is 10.0 Å². The Morgan fingerprint density at radius 2 is 1.86 bits per heavy atom. The second kappa shape index (κ2) is 5.38. The van der Waals surface area contributed by atoms with Crippen LogP contribution in [0.15, 0.2) is 35.2 Å². The average Bonchev–Trinajstić information content (AvgIpc) is 2.13. The molecule has 78 valence electrons. The summed E-state index contributed by atoms with van der Waals surface area (Å²) in [5, 5.41) is 4.88. The third-order valence-electron chi connectivity index (χ3n) is 1.59. The van der Waals surface area contributed by atoms with Gasteiger partial charge < -0.3 is 0 Å². The number of nitrogens with two attached hydrogens (primary N) is 1. The lowest BCUT2D eigenvalue weighted by atomic mass is 10.4. The third-order valence-corrected chi connectivity index (χ3v) is 3.54. The molecule has 0 aliphatic carbocycles. The van der Waals surface area contributed by atoms with Crippen LogP contribution in [0.3, 0.4) is 0 Å². The van der Waals surface area contributed by atoms with Crippen molar-refractivity contribution in [3.05, 3.63) is 30.3 Å². The normalized spacial score (nSPS) is 11.5. The summed E-state index contributed by atoms with van der Waals surface area (Å²) in [6.45, 7) is 0.